The van der Waals surface area contributed by atoms with Crippen molar-refractivity contribution in [3.8, 4) is 0 Å². The van der Waals surface area contributed by atoms with Gasteiger partial charge in [-0.15, -0.1) is 0 Å². The van der Waals surface area contributed by atoms with Crippen LogP contribution in [0, 0.1) is 5.92 Å². The summed E-state index contributed by atoms with van der Waals surface area (Å²) in [6, 6.07) is 6.93. The van der Waals surface area contributed by atoms with Crippen molar-refractivity contribution in [2.24, 2.45) is 5.92 Å². The predicted octanol–water partition coefficient (Wildman–Crippen LogP) is 1.81. The maximum Gasteiger partial charge on any atom is 0.289 e. The highest BCUT2D eigenvalue weighted by Crippen LogP contribution is 2.32. The first-order valence-electron chi connectivity index (χ1n) is 8.48. The van der Waals surface area contributed by atoms with Gasteiger partial charge in [0.2, 0.25) is 5.91 Å². The summed E-state index contributed by atoms with van der Waals surface area (Å²) in [5.74, 6) is 0.398. The van der Waals surface area contributed by atoms with Crippen molar-refractivity contribution in [2.45, 2.75) is 31.5 Å². The first-order valence-corrected chi connectivity index (χ1v) is 8.48. The quantitative estimate of drug-likeness (QED) is 0.914. The van der Waals surface area contributed by atoms with Crippen molar-refractivity contribution in [2.75, 3.05) is 13.2 Å². The zero-order valence-corrected chi connectivity index (χ0v) is 13.7. The number of carbonyl (C=O) groups excluding carboxylic acids is 2. The molecule has 4 rings (SSSR count). The topological polar surface area (TPSA) is 84.9 Å². The van der Waals surface area contributed by atoms with Crippen LogP contribution in [0.15, 0.2) is 45.6 Å². The van der Waals surface area contributed by atoms with E-state index in [1.807, 2.05) is 6.07 Å². The molecule has 132 valence electrons. The number of nitrogens with zero attached hydrogens (tertiary/aromatic N) is 1. The molecule has 2 fully saturated rings. The Hall–Kier alpha value is -2.54. The second-order valence-corrected chi connectivity index (χ2v) is 6.43. The lowest BCUT2D eigenvalue weighted by atomic mass is 9.89. The van der Waals surface area contributed by atoms with E-state index in [-0.39, 0.29) is 29.9 Å². The number of amides is 2. The van der Waals surface area contributed by atoms with Crippen LogP contribution < -0.4 is 5.32 Å². The van der Waals surface area contributed by atoms with E-state index in [2.05, 4.69) is 5.32 Å². The minimum Gasteiger partial charge on any atom is -0.467 e. The van der Waals surface area contributed by atoms with Crippen molar-refractivity contribution in [1.82, 2.24) is 10.2 Å². The summed E-state index contributed by atoms with van der Waals surface area (Å²) in [5.41, 5.74) is 0. The molecular weight excluding hydrogens is 324 g/mol. The number of piperidine rings is 1. The Morgan fingerprint density at radius 3 is 2.80 bits per heavy atom. The van der Waals surface area contributed by atoms with Crippen LogP contribution in [-0.2, 0) is 16.1 Å². The van der Waals surface area contributed by atoms with Crippen LogP contribution in [0.2, 0.25) is 0 Å². The minimum absolute atomic E-state index is 0.00623. The fraction of sp³-hybridized carbons (Fsp3) is 0.444. The second-order valence-electron chi connectivity index (χ2n) is 6.43. The van der Waals surface area contributed by atoms with E-state index in [9.17, 15) is 9.59 Å². The maximum atomic E-state index is 12.7. The fourth-order valence-corrected chi connectivity index (χ4v) is 3.64. The maximum absolute atomic E-state index is 12.7. The molecule has 2 amide bonds. The summed E-state index contributed by atoms with van der Waals surface area (Å²) in [4.78, 5) is 27.0. The van der Waals surface area contributed by atoms with Crippen molar-refractivity contribution < 1.29 is 23.2 Å². The minimum atomic E-state index is -0.312. The lowest BCUT2D eigenvalue weighted by molar-refractivity contribution is -0.129. The molecule has 2 aliphatic heterocycles. The number of hydrogen-bond donors (Lipinski definition) is 1. The van der Waals surface area contributed by atoms with Gasteiger partial charge < -0.3 is 23.8 Å². The third-order valence-corrected chi connectivity index (χ3v) is 4.89. The molecule has 7 heteroatoms. The summed E-state index contributed by atoms with van der Waals surface area (Å²) < 4.78 is 16.2. The molecule has 2 saturated heterocycles. The molecule has 0 bridgehead atoms. The van der Waals surface area contributed by atoms with Gasteiger partial charge in [-0.3, -0.25) is 9.59 Å². The van der Waals surface area contributed by atoms with Crippen LogP contribution in [0.3, 0.4) is 0 Å². The van der Waals surface area contributed by atoms with Crippen molar-refractivity contribution in [3.63, 3.8) is 0 Å². The smallest absolute Gasteiger partial charge is 0.289 e. The summed E-state index contributed by atoms with van der Waals surface area (Å²) in [7, 11) is 0. The molecule has 4 heterocycles. The molecule has 7 nitrogen and oxygen atoms in total. The molecule has 2 aromatic heterocycles. The Balaban J connectivity index is 1.46. The summed E-state index contributed by atoms with van der Waals surface area (Å²) in [6.07, 6.45) is 4.36. The first-order chi connectivity index (χ1) is 12.2. The van der Waals surface area contributed by atoms with Gasteiger partial charge in [0.15, 0.2) is 5.76 Å². The Kier molecular flexibility index (Phi) is 4.31. The molecule has 0 radical (unpaired) electrons. The molecule has 1 N–H and O–H groups in total. The third kappa shape index (κ3) is 3.19. The number of ether oxygens (including phenoxy) is 1. The largest absolute Gasteiger partial charge is 0.467 e. The van der Waals surface area contributed by atoms with Gasteiger partial charge in [0.25, 0.3) is 5.91 Å². The Labute approximate surface area is 144 Å². The van der Waals surface area contributed by atoms with Crippen molar-refractivity contribution >= 4 is 11.8 Å². The highest BCUT2D eigenvalue weighted by atomic mass is 16.5. The van der Waals surface area contributed by atoms with E-state index in [1.54, 1.807) is 29.4 Å². The van der Waals surface area contributed by atoms with Crippen LogP contribution in [-0.4, -0.2) is 42.0 Å². The van der Waals surface area contributed by atoms with Crippen molar-refractivity contribution in [3.05, 3.63) is 48.3 Å². The van der Waals surface area contributed by atoms with Gasteiger partial charge in [-0.25, -0.2) is 0 Å². The highest BCUT2D eigenvalue weighted by Gasteiger charge is 2.44. The van der Waals surface area contributed by atoms with Gasteiger partial charge in [0.05, 0.1) is 37.1 Å². The number of fused-ring (bicyclic) bond motifs is 1. The van der Waals surface area contributed by atoms with E-state index in [0.717, 1.165) is 6.42 Å². The highest BCUT2D eigenvalue weighted by molar-refractivity contribution is 5.92. The number of hydrogen-bond acceptors (Lipinski definition) is 5. The molecule has 25 heavy (non-hydrogen) atoms. The Bertz CT molecular complexity index is 725. The van der Waals surface area contributed by atoms with Gasteiger partial charge in [-0.05, 0) is 37.1 Å². The van der Waals surface area contributed by atoms with Crippen LogP contribution in [0.25, 0.3) is 0 Å². The van der Waals surface area contributed by atoms with Gasteiger partial charge in [0.1, 0.15) is 5.76 Å². The van der Waals surface area contributed by atoms with Crippen LogP contribution in [0.5, 0.6) is 0 Å². The predicted molar refractivity (Wildman–Crippen MR) is 86.6 cm³/mol. The second kappa shape index (κ2) is 6.76. The fourth-order valence-electron chi connectivity index (χ4n) is 3.64. The van der Waals surface area contributed by atoms with Crippen LogP contribution >= 0.6 is 0 Å². The summed E-state index contributed by atoms with van der Waals surface area (Å²) >= 11 is 0. The van der Waals surface area contributed by atoms with Gasteiger partial charge >= 0.3 is 0 Å². The van der Waals surface area contributed by atoms with Gasteiger partial charge in [0, 0.05) is 13.2 Å². The van der Waals surface area contributed by atoms with E-state index >= 15 is 0 Å². The molecule has 0 unspecified atom stereocenters. The average Bonchev–Trinajstić information content (AvgIpc) is 3.40. The SMILES string of the molecule is O=C(NCc1ccco1)[C@@H]1C[C@@H]2OCC[C@@H]2N(C(=O)c2ccco2)C1. The van der Waals surface area contributed by atoms with Gasteiger partial charge in [-0.1, -0.05) is 0 Å². The van der Waals surface area contributed by atoms with Crippen LogP contribution in [0.1, 0.15) is 29.2 Å². The zero-order valence-electron chi connectivity index (χ0n) is 13.7. The Morgan fingerprint density at radius 2 is 2.04 bits per heavy atom. The number of rotatable bonds is 4. The molecule has 3 atom stereocenters. The Morgan fingerprint density at radius 1 is 1.20 bits per heavy atom. The molecule has 0 aliphatic carbocycles. The lowest BCUT2D eigenvalue weighted by Gasteiger charge is -2.39. The van der Waals surface area contributed by atoms with E-state index < -0.39 is 0 Å². The lowest BCUT2D eigenvalue weighted by Crippen LogP contribution is -2.54. The molecule has 2 aliphatic rings. The van der Waals surface area contributed by atoms with E-state index in [1.165, 1.54) is 6.26 Å². The normalized spacial score (nSPS) is 25.6. The van der Waals surface area contributed by atoms with Crippen LogP contribution in [0.4, 0.5) is 0 Å². The van der Waals surface area contributed by atoms with Gasteiger partial charge in [-0.2, -0.15) is 0 Å². The number of nitrogens with one attached hydrogen (secondary N) is 1. The molecule has 2 aromatic rings. The van der Waals surface area contributed by atoms with Crippen molar-refractivity contribution in [1.29, 1.82) is 0 Å². The standard InChI is InChI=1S/C18H20N2O5/c21-17(19-10-13-3-1-6-23-13)12-9-16-14(5-8-25-16)20(11-12)18(22)15-4-2-7-24-15/h1-4,6-7,12,14,16H,5,8-11H2,(H,19,21)/t12-,14+,16+/m1/s1. The summed E-state index contributed by atoms with van der Waals surface area (Å²) in [5, 5.41) is 2.88. The number of furan rings is 2. The number of likely N-dealkylation sites (tertiary alicyclic amines) is 1. The first kappa shape index (κ1) is 16.0. The molecule has 0 saturated carbocycles. The average molecular weight is 344 g/mol. The van der Waals surface area contributed by atoms with E-state index in [4.69, 9.17) is 13.6 Å². The monoisotopic (exact) mass is 344 g/mol. The van der Waals surface area contributed by atoms with E-state index in [0.29, 0.717) is 37.6 Å². The number of carbonyl (C=O) groups is 2. The zero-order chi connectivity index (χ0) is 17.2. The summed E-state index contributed by atoms with van der Waals surface area (Å²) in [6.45, 7) is 1.31. The molecular formula is C18H20N2O5. The third-order valence-electron chi connectivity index (χ3n) is 4.89. The molecule has 0 aromatic carbocycles. The molecule has 0 spiro atoms.